The van der Waals surface area contributed by atoms with E-state index in [2.05, 4.69) is 11.8 Å². The van der Waals surface area contributed by atoms with E-state index in [1.54, 1.807) is 51.4 Å². The minimum atomic E-state index is 0.929. The molecule has 0 N–H and O–H groups in total. The molecule has 0 unspecified atom stereocenters. The maximum atomic E-state index is 3.22. The van der Waals surface area contributed by atoms with Crippen LogP contribution in [0.5, 0.6) is 0 Å². The lowest BCUT2D eigenvalue weighted by molar-refractivity contribution is -0.00552. The molecule has 32 heavy (non-hydrogen) atoms. The van der Waals surface area contributed by atoms with E-state index >= 15 is 0 Å². The Bertz CT molecular complexity index is 483. The van der Waals surface area contributed by atoms with E-state index in [0.29, 0.717) is 0 Å². The van der Waals surface area contributed by atoms with Crippen LogP contribution in [0.4, 0.5) is 0 Å². The molecule has 5 rings (SSSR count). The molecule has 0 bridgehead atoms. The predicted octanol–water partition coefficient (Wildman–Crippen LogP) is 9.15. The summed E-state index contributed by atoms with van der Waals surface area (Å²) in [5.74, 6) is 5.35. The zero-order valence-corrected chi connectivity index (χ0v) is 21.6. The summed E-state index contributed by atoms with van der Waals surface area (Å²) >= 11 is 0. The summed E-state index contributed by atoms with van der Waals surface area (Å²) in [6.45, 7) is 2.51. The van der Waals surface area contributed by atoms with Gasteiger partial charge in [0.2, 0.25) is 0 Å². The van der Waals surface area contributed by atoms with Crippen LogP contribution in [0.3, 0.4) is 0 Å². The smallest absolute Gasteiger partial charge is 0.0101 e. The predicted molar refractivity (Wildman–Crippen MR) is 138 cm³/mol. The van der Waals surface area contributed by atoms with E-state index in [1.807, 2.05) is 0 Å². The largest absolute Gasteiger partial charge is 0.294 e. The summed E-state index contributed by atoms with van der Waals surface area (Å²) in [6, 6.07) is 2.80. The Balaban J connectivity index is 1.19. The lowest BCUT2D eigenvalue weighted by atomic mass is 9.70. The van der Waals surface area contributed by atoms with E-state index in [-0.39, 0.29) is 0 Å². The molecular formula is C31H55N. The zero-order valence-electron chi connectivity index (χ0n) is 21.6. The third-order valence-corrected chi connectivity index (χ3v) is 11.4. The van der Waals surface area contributed by atoms with E-state index in [4.69, 9.17) is 0 Å². The molecule has 1 heteroatoms. The highest BCUT2D eigenvalue weighted by molar-refractivity contribution is 4.94. The molecule has 0 aliphatic heterocycles. The van der Waals surface area contributed by atoms with Crippen LogP contribution < -0.4 is 0 Å². The van der Waals surface area contributed by atoms with Gasteiger partial charge in [-0.15, -0.1) is 0 Å². The minimum Gasteiger partial charge on any atom is -0.294 e. The molecule has 0 heterocycles. The molecular weight excluding hydrogens is 386 g/mol. The van der Waals surface area contributed by atoms with Gasteiger partial charge < -0.3 is 0 Å². The van der Waals surface area contributed by atoms with Crippen LogP contribution in [0.1, 0.15) is 148 Å². The lowest BCUT2D eigenvalue weighted by Gasteiger charge is -2.50. The quantitative estimate of drug-likeness (QED) is 0.411. The topological polar surface area (TPSA) is 3.24 Å². The van der Waals surface area contributed by atoms with E-state index in [0.717, 1.165) is 47.7 Å². The van der Waals surface area contributed by atoms with Crippen molar-refractivity contribution in [2.75, 3.05) is 0 Å². The molecule has 5 saturated carbocycles. The van der Waals surface area contributed by atoms with Crippen molar-refractivity contribution in [1.82, 2.24) is 4.90 Å². The molecule has 0 amide bonds. The molecule has 0 aromatic heterocycles. The summed E-state index contributed by atoms with van der Waals surface area (Å²) in [7, 11) is 0. The number of nitrogens with zero attached hydrogens (tertiary/aromatic N) is 1. The van der Waals surface area contributed by atoms with Crippen LogP contribution in [0.15, 0.2) is 0 Å². The molecule has 0 radical (unpaired) electrons. The van der Waals surface area contributed by atoms with Crippen molar-refractivity contribution in [1.29, 1.82) is 0 Å². The van der Waals surface area contributed by atoms with Crippen molar-refractivity contribution in [2.24, 2.45) is 29.6 Å². The van der Waals surface area contributed by atoms with Crippen molar-refractivity contribution in [3.05, 3.63) is 0 Å². The van der Waals surface area contributed by atoms with E-state index < -0.39 is 0 Å². The Morgan fingerprint density at radius 2 is 0.656 bits per heavy atom. The van der Waals surface area contributed by atoms with Crippen LogP contribution >= 0.6 is 0 Å². The molecule has 1 nitrogen and oxygen atoms in total. The maximum Gasteiger partial charge on any atom is 0.0101 e. The first kappa shape index (κ1) is 23.7. The summed E-state index contributed by atoms with van der Waals surface area (Å²) in [5, 5.41) is 0. The number of rotatable bonds is 5. The third kappa shape index (κ3) is 5.78. The average molecular weight is 442 g/mol. The highest BCUT2D eigenvalue weighted by atomic mass is 15.2. The van der Waals surface area contributed by atoms with Crippen molar-refractivity contribution >= 4 is 0 Å². The lowest BCUT2D eigenvalue weighted by Crippen LogP contribution is -2.53. The van der Waals surface area contributed by atoms with Gasteiger partial charge in [0, 0.05) is 18.1 Å². The van der Waals surface area contributed by atoms with Crippen molar-refractivity contribution in [3.8, 4) is 0 Å². The summed E-state index contributed by atoms with van der Waals surface area (Å²) in [6.07, 6.45) is 33.8. The van der Waals surface area contributed by atoms with Gasteiger partial charge in [0.1, 0.15) is 0 Å². The van der Waals surface area contributed by atoms with Crippen LogP contribution in [-0.2, 0) is 0 Å². The zero-order chi connectivity index (χ0) is 21.8. The van der Waals surface area contributed by atoms with Crippen molar-refractivity contribution in [3.63, 3.8) is 0 Å². The summed E-state index contributed by atoms with van der Waals surface area (Å²) in [4.78, 5) is 3.22. The highest BCUT2D eigenvalue weighted by Gasteiger charge is 2.39. The molecule has 0 atom stereocenters. The Labute approximate surface area is 200 Å². The number of hydrogen-bond acceptors (Lipinski definition) is 1. The fraction of sp³-hybridized carbons (Fsp3) is 1.00. The Morgan fingerprint density at radius 1 is 0.344 bits per heavy atom. The fourth-order valence-corrected chi connectivity index (χ4v) is 9.39. The van der Waals surface area contributed by atoms with Crippen molar-refractivity contribution in [2.45, 2.75) is 166 Å². The second-order valence-electron chi connectivity index (χ2n) is 13.3. The van der Waals surface area contributed by atoms with Gasteiger partial charge in [0.25, 0.3) is 0 Å². The van der Waals surface area contributed by atoms with Gasteiger partial charge >= 0.3 is 0 Å². The second kappa shape index (κ2) is 11.6. The van der Waals surface area contributed by atoms with E-state index in [1.165, 1.54) is 89.9 Å². The highest BCUT2D eigenvalue weighted by Crippen LogP contribution is 2.44. The van der Waals surface area contributed by atoms with Gasteiger partial charge in [-0.1, -0.05) is 71.1 Å². The Hall–Kier alpha value is -0.0400. The van der Waals surface area contributed by atoms with Crippen LogP contribution in [0.25, 0.3) is 0 Å². The fourth-order valence-electron chi connectivity index (χ4n) is 9.39. The third-order valence-electron chi connectivity index (χ3n) is 11.4. The molecule has 0 aromatic rings. The van der Waals surface area contributed by atoms with Gasteiger partial charge in [-0.2, -0.15) is 0 Å². The molecule has 0 saturated heterocycles. The van der Waals surface area contributed by atoms with Crippen LogP contribution in [0, 0.1) is 29.6 Å². The first-order valence-corrected chi connectivity index (χ1v) is 15.6. The van der Waals surface area contributed by atoms with E-state index in [9.17, 15) is 0 Å². The van der Waals surface area contributed by atoms with Gasteiger partial charge in [-0.05, 0) is 107 Å². The molecule has 5 fully saturated rings. The monoisotopic (exact) mass is 441 g/mol. The first-order chi connectivity index (χ1) is 15.8. The second-order valence-corrected chi connectivity index (χ2v) is 13.3. The molecule has 0 aromatic carbocycles. The van der Waals surface area contributed by atoms with Crippen molar-refractivity contribution < 1.29 is 0 Å². The SMILES string of the molecule is CC1CCC(N(C2CCC(C3CCCCC3)CC2)C2CCC(C3CCCCC3)CC2)CC1. The molecule has 0 spiro atoms. The first-order valence-electron chi connectivity index (χ1n) is 15.6. The summed E-state index contributed by atoms with van der Waals surface area (Å²) in [5.41, 5.74) is 0. The molecule has 5 aliphatic rings. The Kier molecular flexibility index (Phi) is 8.58. The van der Waals surface area contributed by atoms with Crippen LogP contribution in [0.2, 0.25) is 0 Å². The average Bonchev–Trinajstić information content (AvgIpc) is 2.87. The van der Waals surface area contributed by atoms with Gasteiger partial charge in [0.15, 0.2) is 0 Å². The minimum absolute atomic E-state index is 0.929. The number of hydrogen-bond donors (Lipinski definition) is 0. The van der Waals surface area contributed by atoms with Crippen LogP contribution in [-0.4, -0.2) is 23.0 Å². The standard InChI is InChI=1S/C31H55N/c1-24-12-18-29(19-13-24)32(30-20-14-27(15-21-30)25-8-4-2-5-9-25)31-22-16-28(17-23-31)26-10-6-3-7-11-26/h24-31H,2-23H2,1H3. The summed E-state index contributed by atoms with van der Waals surface area (Å²) < 4.78 is 0. The Morgan fingerprint density at radius 3 is 1.03 bits per heavy atom. The van der Waals surface area contributed by atoms with Gasteiger partial charge in [-0.3, -0.25) is 4.90 Å². The molecule has 5 aliphatic carbocycles. The normalized spacial score (nSPS) is 41.1. The van der Waals surface area contributed by atoms with Gasteiger partial charge in [0.05, 0.1) is 0 Å². The maximum absolute atomic E-state index is 3.22. The van der Waals surface area contributed by atoms with Gasteiger partial charge in [-0.25, -0.2) is 0 Å². The molecule has 184 valence electrons.